The Labute approximate surface area is 210 Å². The molecule has 37 heavy (non-hydrogen) atoms. The number of rotatable bonds is 6. The minimum Gasteiger partial charge on any atom is -0.354 e. The first-order chi connectivity index (χ1) is 17.8. The van der Waals surface area contributed by atoms with Crippen LogP contribution in [0, 0.1) is 10.1 Å². The molecular formula is C26H20N6O5. The van der Waals surface area contributed by atoms with E-state index in [2.05, 4.69) is 21.3 Å². The lowest BCUT2D eigenvalue weighted by molar-refractivity contribution is -0.384. The number of hydrogen-bond acceptors (Lipinski definition) is 7. The van der Waals surface area contributed by atoms with Gasteiger partial charge in [-0.1, -0.05) is 36.4 Å². The normalized spacial score (nSPS) is 16.7. The zero-order valence-corrected chi connectivity index (χ0v) is 19.2. The molecule has 0 radical (unpaired) electrons. The van der Waals surface area contributed by atoms with E-state index in [9.17, 15) is 24.5 Å². The van der Waals surface area contributed by atoms with Crippen molar-refractivity contribution in [3.63, 3.8) is 0 Å². The minimum absolute atomic E-state index is 0.133. The summed E-state index contributed by atoms with van der Waals surface area (Å²) < 4.78 is 0. The van der Waals surface area contributed by atoms with Gasteiger partial charge >= 0.3 is 6.03 Å². The molecule has 6 N–H and O–H groups in total. The van der Waals surface area contributed by atoms with Gasteiger partial charge in [-0.25, -0.2) is 4.79 Å². The molecule has 1 saturated heterocycles. The number of nitrogens with zero attached hydrogens (tertiary/aromatic N) is 1. The highest BCUT2D eigenvalue weighted by Gasteiger charge is 2.30. The van der Waals surface area contributed by atoms with E-state index in [1.165, 1.54) is 24.3 Å². The molecule has 1 fully saturated rings. The summed E-state index contributed by atoms with van der Waals surface area (Å²) in [6.07, 6.45) is 1.54. The Kier molecular flexibility index (Phi) is 5.96. The number of nitrogens with two attached hydrogens (primary N) is 1. The van der Waals surface area contributed by atoms with Gasteiger partial charge in [0.2, 0.25) is 0 Å². The second-order valence-corrected chi connectivity index (χ2v) is 8.31. The van der Waals surface area contributed by atoms with Crippen LogP contribution in [0.4, 0.5) is 21.9 Å². The van der Waals surface area contributed by atoms with Gasteiger partial charge < -0.3 is 21.7 Å². The SMILES string of the molecule is NCc1ccc(/C(Nc2ccc(/C=C3/NC(=O)NC3=O)cc2)=C2/C(=O)Nc3ccc([N+](=O)[O-])cc32)cc1. The fourth-order valence-corrected chi connectivity index (χ4v) is 4.06. The maximum Gasteiger partial charge on any atom is 0.326 e. The van der Waals surface area contributed by atoms with Crippen LogP contribution in [0.3, 0.4) is 0 Å². The van der Waals surface area contributed by atoms with Gasteiger partial charge in [-0.2, -0.15) is 0 Å². The van der Waals surface area contributed by atoms with Crippen molar-refractivity contribution in [1.29, 1.82) is 0 Å². The molecule has 184 valence electrons. The Morgan fingerprint density at radius 1 is 0.919 bits per heavy atom. The van der Waals surface area contributed by atoms with Gasteiger partial charge in [-0.15, -0.1) is 0 Å². The highest BCUT2D eigenvalue weighted by atomic mass is 16.6. The van der Waals surface area contributed by atoms with Crippen molar-refractivity contribution < 1.29 is 19.3 Å². The number of benzene rings is 3. The number of urea groups is 1. The van der Waals surface area contributed by atoms with E-state index in [-0.39, 0.29) is 17.0 Å². The number of carbonyl (C=O) groups is 3. The minimum atomic E-state index is -0.582. The monoisotopic (exact) mass is 496 g/mol. The van der Waals surface area contributed by atoms with Crippen LogP contribution in [0.15, 0.2) is 72.4 Å². The van der Waals surface area contributed by atoms with E-state index in [0.29, 0.717) is 40.3 Å². The summed E-state index contributed by atoms with van der Waals surface area (Å²) >= 11 is 0. The van der Waals surface area contributed by atoms with Crippen molar-refractivity contribution in [2.24, 2.45) is 5.73 Å². The van der Waals surface area contributed by atoms with Crippen molar-refractivity contribution in [3.05, 3.63) is 105 Å². The molecule has 0 spiro atoms. The predicted octanol–water partition coefficient (Wildman–Crippen LogP) is 3.17. The van der Waals surface area contributed by atoms with E-state index < -0.39 is 22.8 Å². The smallest absolute Gasteiger partial charge is 0.326 e. The van der Waals surface area contributed by atoms with E-state index in [4.69, 9.17) is 5.73 Å². The fourth-order valence-electron chi connectivity index (χ4n) is 4.06. The highest BCUT2D eigenvalue weighted by molar-refractivity contribution is 6.37. The lowest BCUT2D eigenvalue weighted by Gasteiger charge is -2.15. The van der Waals surface area contributed by atoms with Gasteiger partial charge in [0.15, 0.2) is 0 Å². The summed E-state index contributed by atoms with van der Waals surface area (Å²) in [4.78, 5) is 47.1. The molecule has 11 nitrogen and oxygen atoms in total. The molecule has 4 amide bonds. The number of non-ortho nitro benzene ring substituents is 1. The van der Waals surface area contributed by atoms with Crippen LogP contribution >= 0.6 is 0 Å². The van der Waals surface area contributed by atoms with Gasteiger partial charge in [0, 0.05) is 35.6 Å². The van der Waals surface area contributed by atoms with Gasteiger partial charge in [0.1, 0.15) is 5.70 Å². The Morgan fingerprint density at radius 2 is 1.65 bits per heavy atom. The predicted molar refractivity (Wildman–Crippen MR) is 138 cm³/mol. The number of carbonyl (C=O) groups excluding carboxylic acids is 3. The van der Waals surface area contributed by atoms with Gasteiger partial charge in [-0.3, -0.25) is 25.0 Å². The lowest BCUT2D eigenvalue weighted by Crippen LogP contribution is -2.22. The number of nitro benzene ring substituents is 1. The molecule has 2 aliphatic rings. The summed E-state index contributed by atoms with van der Waals surface area (Å²) in [5, 5.41) is 22.0. The molecular weight excluding hydrogens is 476 g/mol. The van der Waals surface area contributed by atoms with Crippen molar-refractivity contribution >= 4 is 52.3 Å². The number of nitrogens with one attached hydrogen (secondary N) is 4. The van der Waals surface area contributed by atoms with Crippen molar-refractivity contribution in [1.82, 2.24) is 10.6 Å². The van der Waals surface area contributed by atoms with Crippen LogP contribution in [0.1, 0.15) is 22.3 Å². The lowest BCUT2D eigenvalue weighted by atomic mass is 9.98. The summed E-state index contributed by atoms with van der Waals surface area (Å²) in [5.41, 5.74) is 10.2. The number of imide groups is 1. The standard InChI is InChI=1S/C26H20N6O5/c27-13-15-1-5-16(6-2-15)23(22-19-12-18(32(36)37)9-10-20(19)29-25(22)34)28-17-7-3-14(4-8-17)11-21-24(33)31-26(35)30-21/h1-12,28H,13,27H2,(H,29,34)(H2,30,31,33,35)/b21-11+,23-22-. The third-order valence-electron chi connectivity index (χ3n) is 5.90. The molecule has 5 rings (SSSR count). The van der Waals surface area contributed by atoms with Gasteiger partial charge in [-0.05, 0) is 41.0 Å². The molecule has 3 aromatic carbocycles. The van der Waals surface area contributed by atoms with Gasteiger partial charge in [0.25, 0.3) is 17.5 Å². The topological polar surface area (TPSA) is 168 Å². The number of nitro groups is 1. The van der Waals surface area contributed by atoms with E-state index in [0.717, 1.165) is 5.56 Å². The summed E-state index contributed by atoms with van der Waals surface area (Å²) in [6.45, 7) is 0.352. The summed E-state index contributed by atoms with van der Waals surface area (Å²) in [5.74, 6) is -0.912. The Morgan fingerprint density at radius 3 is 2.27 bits per heavy atom. The molecule has 0 aliphatic carbocycles. The summed E-state index contributed by atoms with van der Waals surface area (Å²) in [7, 11) is 0. The molecule has 3 aromatic rings. The molecule has 2 aliphatic heterocycles. The van der Waals surface area contributed by atoms with Crippen LogP contribution in [0.25, 0.3) is 17.3 Å². The number of fused-ring (bicyclic) bond motifs is 1. The first-order valence-corrected chi connectivity index (χ1v) is 11.2. The first kappa shape index (κ1) is 23.5. The number of anilines is 2. The number of amides is 4. The van der Waals surface area contributed by atoms with Crippen LogP contribution in [-0.2, 0) is 16.1 Å². The van der Waals surface area contributed by atoms with E-state index in [1.807, 2.05) is 24.3 Å². The zero-order valence-electron chi connectivity index (χ0n) is 19.2. The second kappa shape index (κ2) is 9.40. The zero-order chi connectivity index (χ0) is 26.1. The molecule has 0 saturated carbocycles. The van der Waals surface area contributed by atoms with E-state index in [1.54, 1.807) is 24.3 Å². The third kappa shape index (κ3) is 4.66. The largest absolute Gasteiger partial charge is 0.354 e. The molecule has 0 aromatic heterocycles. The summed E-state index contributed by atoms with van der Waals surface area (Å²) in [6, 6.07) is 17.9. The molecule has 0 bridgehead atoms. The molecule has 0 unspecified atom stereocenters. The van der Waals surface area contributed by atoms with Gasteiger partial charge in [0.05, 0.1) is 16.2 Å². The third-order valence-corrected chi connectivity index (χ3v) is 5.90. The second-order valence-electron chi connectivity index (χ2n) is 8.31. The average molecular weight is 496 g/mol. The van der Waals surface area contributed by atoms with Crippen LogP contribution < -0.4 is 27.0 Å². The van der Waals surface area contributed by atoms with Crippen molar-refractivity contribution in [2.45, 2.75) is 6.54 Å². The first-order valence-electron chi connectivity index (χ1n) is 11.2. The molecule has 11 heteroatoms. The highest BCUT2D eigenvalue weighted by Crippen LogP contribution is 2.39. The average Bonchev–Trinajstić information content (AvgIpc) is 3.39. The fraction of sp³-hybridized carbons (Fsp3) is 0.0385. The molecule has 2 heterocycles. The van der Waals surface area contributed by atoms with Crippen LogP contribution in [0.2, 0.25) is 0 Å². The van der Waals surface area contributed by atoms with Crippen LogP contribution in [-0.4, -0.2) is 22.8 Å². The van der Waals surface area contributed by atoms with Crippen molar-refractivity contribution in [2.75, 3.05) is 10.6 Å². The maximum atomic E-state index is 13.1. The molecule has 0 atom stereocenters. The quantitative estimate of drug-likeness (QED) is 0.151. The maximum absolute atomic E-state index is 13.1. The Bertz CT molecular complexity index is 1520. The van der Waals surface area contributed by atoms with Crippen LogP contribution in [0.5, 0.6) is 0 Å². The van der Waals surface area contributed by atoms with E-state index >= 15 is 0 Å². The Balaban J connectivity index is 1.56. The number of hydrogen-bond donors (Lipinski definition) is 5. The Hall–Kier alpha value is -5.29. The van der Waals surface area contributed by atoms with Crippen molar-refractivity contribution in [3.8, 4) is 0 Å².